The number of fused-ring (bicyclic) bond motifs is 3. The first kappa shape index (κ1) is 20.0. The minimum absolute atomic E-state index is 0.0974. The number of anilines is 1. The molecule has 0 spiro atoms. The van der Waals surface area contributed by atoms with E-state index in [1.807, 2.05) is 24.7 Å². The molecule has 5 rings (SSSR count). The van der Waals surface area contributed by atoms with Crippen molar-refractivity contribution < 1.29 is 9.47 Å². The maximum absolute atomic E-state index is 5.36. The van der Waals surface area contributed by atoms with E-state index in [-0.39, 0.29) is 6.29 Å². The van der Waals surface area contributed by atoms with Gasteiger partial charge in [0.2, 0.25) is 0 Å². The molecule has 0 aliphatic carbocycles. The summed E-state index contributed by atoms with van der Waals surface area (Å²) in [6, 6.07) is 12.8. The Morgan fingerprint density at radius 3 is 2.52 bits per heavy atom. The summed E-state index contributed by atoms with van der Waals surface area (Å²) in [6.45, 7) is 2.04. The lowest BCUT2D eigenvalue weighted by atomic mass is 9.93. The molecule has 1 aliphatic rings. The number of rotatable bonds is 6. The van der Waals surface area contributed by atoms with Crippen molar-refractivity contribution in [2.45, 2.75) is 25.6 Å². The van der Waals surface area contributed by atoms with Crippen molar-refractivity contribution >= 4 is 27.6 Å². The number of hydrogen-bond acceptors (Lipinski definition) is 5. The van der Waals surface area contributed by atoms with Crippen molar-refractivity contribution in [3.63, 3.8) is 0 Å². The van der Waals surface area contributed by atoms with E-state index in [1.54, 1.807) is 14.2 Å². The van der Waals surface area contributed by atoms with Crippen LogP contribution in [0.4, 0.5) is 5.82 Å². The van der Waals surface area contributed by atoms with E-state index < -0.39 is 0 Å². The lowest BCUT2D eigenvalue weighted by molar-refractivity contribution is -0.115. The highest BCUT2D eigenvalue weighted by molar-refractivity contribution is 6.07. The third-order valence-corrected chi connectivity index (χ3v) is 6.47. The number of methoxy groups -OCH3 is 2. The number of aromatic nitrogens is 3. The third kappa shape index (κ3) is 4.01. The number of H-pyrrole nitrogens is 1. The Morgan fingerprint density at radius 2 is 1.77 bits per heavy atom. The highest BCUT2D eigenvalue weighted by Crippen LogP contribution is 2.30. The zero-order chi connectivity index (χ0) is 21.2. The van der Waals surface area contributed by atoms with E-state index in [0.717, 1.165) is 65.7 Å². The first-order valence-corrected chi connectivity index (χ1v) is 10.9. The quantitative estimate of drug-likeness (QED) is 0.448. The van der Waals surface area contributed by atoms with Crippen LogP contribution < -0.4 is 4.90 Å². The summed E-state index contributed by atoms with van der Waals surface area (Å²) in [7, 11) is 3.42. The van der Waals surface area contributed by atoms with Gasteiger partial charge in [-0.3, -0.25) is 4.98 Å². The number of ether oxygens (including phenoxy) is 2. The Labute approximate surface area is 182 Å². The smallest absolute Gasteiger partial charge is 0.157 e. The molecular formula is C25H28N4O2. The fraction of sp³-hybridized carbons (Fsp3) is 0.360. The van der Waals surface area contributed by atoms with Crippen LogP contribution >= 0.6 is 0 Å². The van der Waals surface area contributed by atoms with Gasteiger partial charge in [0.25, 0.3) is 0 Å². The summed E-state index contributed by atoms with van der Waals surface area (Å²) in [5.41, 5.74) is 4.52. The molecule has 1 aromatic carbocycles. The summed E-state index contributed by atoms with van der Waals surface area (Å²) in [4.78, 5) is 14.9. The zero-order valence-electron chi connectivity index (χ0n) is 18.0. The van der Waals surface area contributed by atoms with Crippen molar-refractivity contribution in [1.29, 1.82) is 0 Å². The van der Waals surface area contributed by atoms with Gasteiger partial charge in [0.15, 0.2) is 6.29 Å². The SMILES string of the molecule is COC(CC1CCN(c2ccc(-c3ccc4c(c3)[nH]c3ccncc34)cn2)CC1)OC. The standard InChI is InChI=1S/C25H28N4O2/c1-30-25(31-2)13-17-8-11-29(12-9-17)24-6-4-19(15-27-24)18-3-5-20-21-16-26-10-7-22(21)28-23(20)14-18/h3-7,10,14-17,25,28H,8-9,11-13H2,1-2H3. The topological polar surface area (TPSA) is 63.3 Å². The predicted molar refractivity (Wildman–Crippen MR) is 124 cm³/mol. The average molecular weight is 417 g/mol. The van der Waals surface area contributed by atoms with Gasteiger partial charge in [-0.1, -0.05) is 12.1 Å². The molecule has 1 aliphatic heterocycles. The molecule has 4 heterocycles. The van der Waals surface area contributed by atoms with Gasteiger partial charge >= 0.3 is 0 Å². The molecule has 3 aromatic heterocycles. The van der Waals surface area contributed by atoms with Crippen LogP contribution in [0.5, 0.6) is 0 Å². The summed E-state index contributed by atoms with van der Waals surface area (Å²) in [5.74, 6) is 1.69. The van der Waals surface area contributed by atoms with Crippen LogP contribution in [0.2, 0.25) is 0 Å². The minimum atomic E-state index is -0.0974. The highest BCUT2D eigenvalue weighted by atomic mass is 16.7. The Balaban J connectivity index is 1.29. The average Bonchev–Trinajstić information content (AvgIpc) is 3.21. The monoisotopic (exact) mass is 416 g/mol. The van der Waals surface area contributed by atoms with Gasteiger partial charge < -0.3 is 19.4 Å². The van der Waals surface area contributed by atoms with Gasteiger partial charge in [0.1, 0.15) is 5.82 Å². The van der Waals surface area contributed by atoms with E-state index in [1.165, 1.54) is 5.39 Å². The number of aromatic amines is 1. The lowest BCUT2D eigenvalue weighted by Gasteiger charge is -2.33. The second kappa shape index (κ2) is 8.65. The molecule has 0 saturated carbocycles. The normalized spacial score (nSPS) is 15.4. The fourth-order valence-corrected chi connectivity index (χ4v) is 4.63. The fourth-order valence-electron chi connectivity index (χ4n) is 4.63. The first-order valence-electron chi connectivity index (χ1n) is 10.9. The summed E-state index contributed by atoms with van der Waals surface area (Å²) in [6.07, 6.45) is 8.85. The maximum atomic E-state index is 5.36. The number of nitrogens with one attached hydrogen (secondary N) is 1. The summed E-state index contributed by atoms with van der Waals surface area (Å²) in [5, 5.41) is 2.35. The predicted octanol–water partition coefficient (Wildman–Crippen LogP) is 5.00. The second-order valence-corrected chi connectivity index (χ2v) is 8.28. The van der Waals surface area contributed by atoms with Gasteiger partial charge in [-0.2, -0.15) is 0 Å². The molecule has 31 heavy (non-hydrogen) atoms. The highest BCUT2D eigenvalue weighted by Gasteiger charge is 2.23. The largest absolute Gasteiger partial charge is 0.357 e. The molecule has 0 atom stereocenters. The molecule has 1 saturated heterocycles. The number of benzene rings is 1. The van der Waals surface area contributed by atoms with Gasteiger partial charge in [0, 0.05) is 79.7 Å². The minimum Gasteiger partial charge on any atom is -0.357 e. The third-order valence-electron chi connectivity index (χ3n) is 6.47. The van der Waals surface area contributed by atoms with E-state index in [4.69, 9.17) is 14.5 Å². The molecule has 0 unspecified atom stereocenters. The van der Waals surface area contributed by atoms with Crippen LogP contribution in [0.15, 0.2) is 55.0 Å². The first-order chi connectivity index (χ1) is 15.2. The van der Waals surface area contributed by atoms with Crippen molar-refractivity contribution in [1.82, 2.24) is 15.0 Å². The summed E-state index contributed by atoms with van der Waals surface area (Å²) >= 11 is 0. The van der Waals surface area contributed by atoms with Crippen molar-refractivity contribution in [2.24, 2.45) is 5.92 Å². The molecular weight excluding hydrogens is 388 g/mol. The van der Waals surface area contributed by atoms with Crippen LogP contribution in [0.1, 0.15) is 19.3 Å². The number of pyridine rings is 2. The van der Waals surface area contributed by atoms with E-state index in [9.17, 15) is 0 Å². The molecule has 6 nitrogen and oxygen atoms in total. The van der Waals surface area contributed by atoms with Crippen molar-refractivity contribution in [3.05, 3.63) is 55.0 Å². The number of piperidine rings is 1. The van der Waals surface area contributed by atoms with Gasteiger partial charge in [-0.25, -0.2) is 4.98 Å². The van der Waals surface area contributed by atoms with Crippen LogP contribution in [0.3, 0.4) is 0 Å². The molecule has 1 fully saturated rings. The lowest BCUT2D eigenvalue weighted by Crippen LogP contribution is -2.35. The molecule has 1 N–H and O–H groups in total. The van der Waals surface area contributed by atoms with Crippen LogP contribution in [0.25, 0.3) is 32.9 Å². The zero-order valence-corrected chi connectivity index (χ0v) is 18.0. The van der Waals surface area contributed by atoms with E-state index >= 15 is 0 Å². The van der Waals surface area contributed by atoms with Crippen LogP contribution in [-0.2, 0) is 9.47 Å². The Kier molecular flexibility index (Phi) is 5.57. The summed E-state index contributed by atoms with van der Waals surface area (Å²) < 4.78 is 10.7. The van der Waals surface area contributed by atoms with Crippen molar-refractivity contribution in [2.75, 3.05) is 32.2 Å². The van der Waals surface area contributed by atoms with Crippen molar-refractivity contribution in [3.8, 4) is 11.1 Å². The van der Waals surface area contributed by atoms with Gasteiger partial charge in [0.05, 0.1) is 0 Å². The Bertz CT molecular complexity index is 1160. The molecule has 0 amide bonds. The molecule has 160 valence electrons. The van der Waals surface area contributed by atoms with Gasteiger partial charge in [-0.15, -0.1) is 0 Å². The Morgan fingerprint density at radius 1 is 0.968 bits per heavy atom. The molecule has 6 heteroatoms. The van der Waals surface area contributed by atoms with Gasteiger partial charge in [-0.05, 0) is 48.6 Å². The number of nitrogens with zero attached hydrogens (tertiary/aromatic N) is 3. The molecule has 4 aromatic rings. The van der Waals surface area contributed by atoms with E-state index in [0.29, 0.717) is 5.92 Å². The second-order valence-electron chi connectivity index (χ2n) is 8.28. The maximum Gasteiger partial charge on any atom is 0.157 e. The van der Waals surface area contributed by atoms with Crippen LogP contribution in [0, 0.1) is 5.92 Å². The molecule has 0 radical (unpaired) electrons. The number of hydrogen-bond donors (Lipinski definition) is 1. The van der Waals surface area contributed by atoms with Crippen LogP contribution in [-0.4, -0.2) is 48.6 Å². The Hall–Kier alpha value is -2.96. The molecule has 0 bridgehead atoms. The van der Waals surface area contributed by atoms with E-state index in [2.05, 4.69) is 45.2 Å².